The van der Waals surface area contributed by atoms with Gasteiger partial charge in [0.15, 0.2) is 0 Å². The second kappa shape index (κ2) is 13.0. The lowest BCUT2D eigenvalue weighted by atomic mass is 10.1. The lowest BCUT2D eigenvalue weighted by molar-refractivity contribution is -0.318. The third-order valence-electron chi connectivity index (χ3n) is 4.77. The Kier molecular flexibility index (Phi) is 10.6. The van der Waals surface area contributed by atoms with Gasteiger partial charge in [-0.05, 0) is 58.6 Å². The van der Waals surface area contributed by atoms with E-state index in [0.29, 0.717) is 44.6 Å². The van der Waals surface area contributed by atoms with Crippen molar-refractivity contribution in [1.29, 1.82) is 0 Å². The van der Waals surface area contributed by atoms with E-state index in [1.807, 2.05) is 52.9 Å². The average molecular weight is 524 g/mol. The van der Waals surface area contributed by atoms with Crippen LogP contribution in [0.25, 0.3) is 11.1 Å². The molecule has 3 nitrogen and oxygen atoms in total. The Hall–Kier alpha value is -2.55. The maximum atomic E-state index is 13.4. The zero-order valence-corrected chi connectivity index (χ0v) is 19.6. The van der Waals surface area contributed by atoms with Crippen LogP contribution in [-0.4, -0.2) is 62.4 Å². The number of likely N-dealkylation sites (N-methyl/N-ethyl adjacent to an activating group) is 1. The van der Waals surface area contributed by atoms with Crippen LogP contribution >= 0.6 is 11.3 Å². The summed E-state index contributed by atoms with van der Waals surface area (Å²) in [5.41, 5.74) is -3.41. The first-order valence-electron chi connectivity index (χ1n) is 10.5. The van der Waals surface area contributed by atoms with E-state index in [0.717, 1.165) is 17.2 Å². The molecular weight excluding hydrogens is 499 g/mol. The quantitative estimate of drug-likeness (QED) is 0.190. The van der Waals surface area contributed by atoms with Crippen LogP contribution in [0.15, 0.2) is 53.2 Å². The van der Waals surface area contributed by atoms with Gasteiger partial charge in [0.2, 0.25) is 0 Å². The molecule has 1 aromatic carbocycles. The van der Waals surface area contributed by atoms with Gasteiger partial charge >= 0.3 is 18.0 Å². The highest BCUT2D eigenvalue weighted by Gasteiger charge is 2.72. The Balaban J connectivity index is 1.71. The number of rotatable bonds is 11. The zero-order chi connectivity index (χ0) is 26.0. The summed E-state index contributed by atoms with van der Waals surface area (Å²) in [5, 5.41) is 4.04. The van der Waals surface area contributed by atoms with Gasteiger partial charge < -0.3 is 9.47 Å². The van der Waals surface area contributed by atoms with E-state index in [2.05, 4.69) is 0 Å². The number of thiophene rings is 1. The number of hydrogen-bond acceptors (Lipinski definition) is 4. The van der Waals surface area contributed by atoms with E-state index in [1.165, 1.54) is 12.0 Å². The molecule has 0 fully saturated rings. The predicted octanol–water partition coefficient (Wildman–Crippen LogP) is 6.52. The lowest BCUT2D eigenvalue weighted by Gasteiger charge is -2.24. The molecule has 0 spiro atoms. The van der Waals surface area contributed by atoms with Crippen LogP contribution < -0.4 is 4.74 Å². The van der Waals surface area contributed by atoms with Crippen molar-refractivity contribution in [3.8, 4) is 28.7 Å². The summed E-state index contributed by atoms with van der Waals surface area (Å²) in [6, 6.07) is 9.70. The second-order valence-electron chi connectivity index (χ2n) is 7.22. The summed E-state index contributed by atoms with van der Waals surface area (Å²) < 4.78 is 99.3. The Morgan fingerprint density at radius 3 is 2.34 bits per heavy atom. The summed E-state index contributed by atoms with van der Waals surface area (Å²) in [4.78, 5) is 1.82. The molecule has 0 unspecified atom stereocenters. The van der Waals surface area contributed by atoms with Crippen molar-refractivity contribution < 1.29 is 40.2 Å². The van der Waals surface area contributed by atoms with Crippen molar-refractivity contribution in [2.24, 2.45) is 0 Å². The van der Waals surface area contributed by atoms with E-state index in [-0.39, 0.29) is 6.54 Å². The minimum atomic E-state index is -6.19. The number of benzene rings is 1. The van der Waals surface area contributed by atoms with Crippen molar-refractivity contribution in [2.45, 2.75) is 24.9 Å². The van der Waals surface area contributed by atoms with E-state index in [1.54, 1.807) is 11.3 Å². The van der Waals surface area contributed by atoms with Gasteiger partial charge in [0.25, 0.3) is 0 Å². The van der Waals surface area contributed by atoms with Crippen LogP contribution in [0.1, 0.15) is 6.92 Å². The fourth-order valence-corrected chi connectivity index (χ4v) is 3.46. The number of halogens is 7. The largest absolute Gasteiger partial charge is 0.491 e. The van der Waals surface area contributed by atoms with E-state index < -0.39 is 18.0 Å². The molecule has 11 heteroatoms. The molecule has 2 rings (SSSR count). The first kappa shape index (κ1) is 28.7. The van der Waals surface area contributed by atoms with Crippen molar-refractivity contribution >= 4 is 11.3 Å². The summed E-state index contributed by atoms with van der Waals surface area (Å²) in [6.07, 6.45) is -10.3. The minimum absolute atomic E-state index is 0.192. The van der Waals surface area contributed by atoms with Gasteiger partial charge in [-0.1, -0.05) is 31.1 Å². The zero-order valence-electron chi connectivity index (χ0n) is 18.8. The number of allylic oxidation sites excluding steroid dienone is 1. The molecule has 0 aliphatic rings. The first-order chi connectivity index (χ1) is 16.5. The molecule has 1 aromatic heterocycles. The fraction of sp³-hybridized carbons (Fsp3) is 0.417. The molecule has 0 aliphatic heterocycles. The van der Waals surface area contributed by atoms with Crippen LogP contribution in [0.5, 0.6) is 5.75 Å². The molecule has 0 aliphatic carbocycles. The predicted molar refractivity (Wildman–Crippen MR) is 121 cm³/mol. The van der Waals surface area contributed by atoms with Gasteiger partial charge in [-0.3, -0.25) is 4.90 Å². The Bertz CT molecular complexity index is 978. The van der Waals surface area contributed by atoms with Gasteiger partial charge in [-0.2, -0.15) is 37.7 Å². The van der Waals surface area contributed by atoms with Gasteiger partial charge in [0, 0.05) is 13.1 Å². The maximum Gasteiger partial charge on any atom is 0.443 e. The molecule has 0 N–H and O–H groups in total. The number of hydrogen-bond donors (Lipinski definition) is 0. The Morgan fingerprint density at radius 2 is 1.71 bits per heavy atom. The summed E-state index contributed by atoms with van der Waals surface area (Å²) in [5.74, 6) is 2.88. The van der Waals surface area contributed by atoms with Crippen LogP contribution in [-0.2, 0) is 4.74 Å². The minimum Gasteiger partial charge on any atom is -0.491 e. The third kappa shape index (κ3) is 8.56. The Morgan fingerprint density at radius 1 is 0.971 bits per heavy atom. The van der Waals surface area contributed by atoms with Crippen molar-refractivity contribution in [2.75, 3.05) is 39.5 Å². The lowest BCUT2D eigenvalue weighted by Crippen LogP contribution is -2.52. The number of nitrogens with zero attached hydrogens (tertiary/aromatic N) is 1. The molecule has 35 heavy (non-hydrogen) atoms. The van der Waals surface area contributed by atoms with E-state index in [4.69, 9.17) is 9.47 Å². The molecule has 0 atom stereocenters. The smallest absolute Gasteiger partial charge is 0.443 e. The van der Waals surface area contributed by atoms with Crippen molar-refractivity contribution in [1.82, 2.24) is 4.90 Å². The fourth-order valence-electron chi connectivity index (χ4n) is 2.79. The van der Waals surface area contributed by atoms with E-state index >= 15 is 0 Å². The van der Waals surface area contributed by atoms with Crippen LogP contribution in [0, 0.1) is 11.8 Å². The first-order valence-corrected chi connectivity index (χ1v) is 11.5. The normalized spacial score (nSPS) is 12.7. The van der Waals surface area contributed by atoms with Gasteiger partial charge in [0.05, 0.1) is 13.2 Å². The molecule has 0 saturated carbocycles. The SMILES string of the molecule is CCN(CC=CC#CC(F)(C(F)(F)F)C(F)(F)F)CCOCCOc1cccc(-c2ccsc2)c1. The molecular formula is C24H24F7NO2S. The highest BCUT2D eigenvalue weighted by Crippen LogP contribution is 2.45. The summed E-state index contributed by atoms with van der Waals surface area (Å²) in [7, 11) is 0. The molecule has 0 amide bonds. The van der Waals surface area contributed by atoms with Crippen LogP contribution in [0.3, 0.4) is 0 Å². The van der Waals surface area contributed by atoms with Crippen molar-refractivity contribution in [3.05, 3.63) is 53.2 Å². The second-order valence-corrected chi connectivity index (χ2v) is 8.00. The van der Waals surface area contributed by atoms with Crippen molar-refractivity contribution in [3.63, 3.8) is 0 Å². The highest BCUT2D eigenvalue weighted by atomic mass is 32.1. The summed E-state index contributed by atoms with van der Waals surface area (Å²) >= 11 is 1.61. The van der Waals surface area contributed by atoms with Gasteiger partial charge in [0.1, 0.15) is 12.4 Å². The molecule has 2 aromatic rings. The third-order valence-corrected chi connectivity index (χ3v) is 5.46. The van der Waals surface area contributed by atoms with Crippen LogP contribution in [0.2, 0.25) is 0 Å². The molecule has 0 saturated heterocycles. The van der Waals surface area contributed by atoms with E-state index in [9.17, 15) is 30.7 Å². The number of ether oxygens (including phenoxy) is 2. The monoisotopic (exact) mass is 523 g/mol. The van der Waals surface area contributed by atoms with Crippen LogP contribution in [0.4, 0.5) is 30.7 Å². The highest BCUT2D eigenvalue weighted by molar-refractivity contribution is 7.08. The topological polar surface area (TPSA) is 21.7 Å². The Labute approximate surface area is 203 Å². The molecule has 1 heterocycles. The number of alkyl halides is 7. The maximum absolute atomic E-state index is 13.4. The summed E-state index contributed by atoms with van der Waals surface area (Å²) in [6.45, 7) is 4.01. The standard InChI is InChI=1S/C24H24F7NO2S/c1-2-32(11-5-3-4-10-22(25,23(26,27)28)24(29,30)31)12-13-33-14-15-34-21-8-6-7-19(17-21)20-9-16-35-18-20/h3,5-9,16-18H,2,11-15H2,1H3. The van der Waals surface area contributed by atoms with Gasteiger partial charge in [-0.15, -0.1) is 0 Å². The average Bonchev–Trinajstić information content (AvgIpc) is 3.33. The van der Waals surface area contributed by atoms with Gasteiger partial charge in [-0.25, -0.2) is 4.39 Å². The molecule has 0 bridgehead atoms. The molecule has 192 valence electrons. The molecule has 0 radical (unpaired) electrons.